The first-order valence-electron chi connectivity index (χ1n) is 9.96. The summed E-state index contributed by atoms with van der Waals surface area (Å²) in [4.78, 5) is 29.4. The molecule has 0 aliphatic heterocycles. The monoisotopic (exact) mass is 503 g/mol. The van der Waals surface area contributed by atoms with Gasteiger partial charge in [0.2, 0.25) is 0 Å². The predicted octanol–water partition coefficient (Wildman–Crippen LogP) is 7.49. The molecule has 5 nitrogen and oxygen atoms in total. The second-order valence-corrected chi connectivity index (χ2v) is 8.85. The van der Waals surface area contributed by atoms with Crippen LogP contribution in [0.15, 0.2) is 59.6 Å². The van der Waals surface area contributed by atoms with E-state index in [2.05, 4.69) is 4.99 Å². The van der Waals surface area contributed by atoms with E-state index in [9.17, 15) is 9.59 Å². The first-order valence-corrected chi connectivity index (χ1v) is 11.1. The van der Waals surface area contributed by atoms with Gasteiger partial charge in [0.15, 0.2) is 11.5 Å². The third-order valence-electron chi connectivity index (χ3n) is 4.41. The van der Waals surface area contributed by atoms with Crippen LogP contribution in [0.1, 0.15) is 35.3 Å². The van der Waals surface area contributed by atoms with Gasteiger partial charge >= 0.3 is 11.9 Å². The normalized spacial score (nSPS) is 11.1. The minimum Gasteiger partial charge on any atom is -0.422 e. The van der Waals surface area contributed by atoms with Crippen LogP contribution in [-0.4, -0.2) is 18.2 Å². The van der Waals surface area contributed by atoms with Crippen molar-refractivity contribution in [2.45, 2.75) is 20.8 Å². The molecule has 0 amide bonds. The van der Waals surface area contributed by atoms with Gasteiger partial charge < -0.3 is 9.47 Å². The average molecular weight is 505 g/mol. The molecule has 170 valence electrons. The zero-order valence-electron chi connectivity index (χ0n) is 18.1. The molecule has 0 aliphatic rings. The Bertz CT molecular complexity index is 1200. The smallest absolute Gasteiger partial charge is 0.343 e. The summed E-state index contributed by atoms with van der Waals surface area (Å²) in [5, 5.41) is 1.09. The van der Waals surface area contributed by atoms with E-state index in [-0.39, 0.29) is 16.5 Å². The lowest BCUT2D eigenvalue weighted by atomic mass is 10.1. The predicted molar refractivity (Wildman–Crippen MR) is 132 cm³/mol. The van der Waals surface area contributed by atoms with Gasteiger partial charge in [-0.05, 0) is 43.3 Å². The third kappa shape index (κ3) is 6.81. The Kier molecular flexibility index (Phi) is 8.14. The highest BCUT2D eigenvalue weighted by molar-refractivity contribution is 6.35. The number of hydrogen-bond donors (Lipinski definition) is 0. The highest BCUT2D eigenvalue weighted by Crippen LogP contribution is 2.36. The van der Waals surface area contributed by atoms with Gasteiger partial charge in [-0.3, -0.25) is 9.79 Å². The van der Waals surface area contributed by atoms with E-state index in [0.29, 0.717) is 26.9 Å². The van der Waals surface area contributed by atoms with Crippen molar-refractivity contribution in [1.82, 2.24) is 0 Å². The molecule has 0 heterocycles. The highest BCUT2D eigenvalue weighted by atomic mass is 35.5. The van der Waals surface area contributed by atoms with Crippen molar-refractivity contribution in [3.8, 4) is 11.5 Å². The SMILES string of the molecule is Cc1ccc(C(=O)Oc2cc(Cl)cc(C=Nc3cc(Cl)cc(Cl)c3)c2OC(=O)C(C)C)cc1. The summed E-state index contributed by atoms with van der Waals surface area (Å²) in [5.41, 5.74) is 2.15. The number of aryl methyl sites for hydroxylation is 1. The van der Waals surface area contributed by atoms with Gasteiger partial charge in [0.1, 0.15) is 0 Å². The number of esters is 2. The summed E-state index contributed by atoms with van der Waals surface area (Å²) < 4.78 is 11.1. The quantitative estimate of drug-likeness (QED) is 0.198. The second kappa shape index (κ2) is 10.8. The van der Waals surface area contributed by atoms with Gasteiger partial charge in [-0.25, -0.2) is 4.79 Å². The summed E-state index contributed by atoms with van der Waals surface area (Å²) >= 11 is 18.3. The van der Waals surface area contributed by atoms with Crippen molar-refractivity contribution < 1.29 is 19.1 Å². The first-order chi connectivity index (χ1) is 15.6. The zero-order valence-corrected chi connectivity index (χ0v) is 20.3. The number of ether oxygens (including phenoxy) is 2. The maximum Gasteiger partial charge on any atom is 0.343 e. The van der Waals surface area contributed by atoms with Crippen molar-refractivity contribution in [2.75, 3.05) is 0 Å². The van der Waals surface area contributed by atoms with Crippen LogP contribution in [0.3, 0.4) is 0 Å². The highest BCUT2D eigenvalue weighted by Gasteiger charge is 2.21. The molecule has 33 heavy (non-hydrogen) atoms. The van der Waals surface area contributed by atoms with E-state index < -0.39 is 17.9 Å². The van der Waals surface area contributed by atoms with E-state index in [1.165, 1.54) is 12.3 Å². The molecular weight excluding hydrogens is 485 g/mol. The summed E-state index contributed by atoms with van der Waals surface area (Å²) in [6.45, 7) is 5.30. The van der Waals surface area contributed by atoms with Crippen LogP contribution in [0.25, 0.3) is 0 Å². The van der Waals surface area contributed by atoms with Crippen LogP contribution >= 0.6 is 34.8 Å². The van der Waals surface area contributed by atoms with Crippen LogP contribution in [0.4, 0.5) is 5.69 Å². The van der Waals surface area contributed by atoms with Gasteiger partial charge in [-0.1, -0.05) is 66.3 Å². The fourth-order valence-electron chi connectivity index (χ4n) is 2.69. The summed E-state index contributed by atoms with van der Waals surface area (Å²) in [6, 6.07) is 14.7. The molecule has 0 bridgehead atoms. The molecule has 0 saturated carbocycles. The molecule has 0 saturated heterocycles. The van der Waals surface area contributed by atoms with Crippen LogP contribution in [0.5, 0.6) is 11.5 Å². The standard InChI is InChI=1S/C25H20Cl3NO4/c1-14(2)24(30)33-23-17(13-29-21-10-19(27)9-20(28)11-21)8-18(26)12-22(23)32-25(31)16-6-4-15(3)5-7-16/h4-14H,1-3H3. The lowest BCUT2D eigenvalue weighted by Gasteiger charge is -2.15. The van der Waals surface area contributed by atoms with Crippen molar-refractivity contribution >= 4 is 58.6 Å². The molecule has 0 fully saturated rings. The Morgan fingerprint density at radius 2 is 1.48 bits per heavy atom. The lowest BCUT2D eigenvalue weighted by Crippen LogP contribution is -2.17. The largest absolute Gasteiger partial charge is 0.422 e. The topological polar surface area (TPSA) is 65.0 Å². The second-order valence-electron chi connectivity index (χ2n) is 7.54. The first kappa shape index (κ1) is 24.8. The van der Waals surface area contributed by atoms with Crippen LogP contribution in [-0.2, 0) is 4.79 Å². The molecule has 3 aromatic carbocycles. The van der Waals surface area contributed by atoms with Crippen molar-refractivity contribution in [1.29, 1.82) is 0 Å². The van der Waals surface area contributed by atoms with Gasteiger partial charge in [0.25, 0.3) is 0 Å². The molecule has 0 atom stereocenters. The Balaban J connectivity index is 2.03. The number of halogens is 3. The van der Waals surface area contributed by atoms with E-state index >= 15 is 0 Å². The number of carbonyl (C=O) groups excluding carboxylic acids is 2. The molecule has 0 aromatic heterocycles. The Morgan fingerprint density at radius 1 is 0.879 bits per heavy atom. The average Bonchev–Trinajstić information content (AvgIpc) is 2.73. The zero-order chi connectivity index (χ0) is 24.1. The third-order valence-corrected chi connectivity index (χ3v) is 5.07. The van der Waals surface area contributed by atoms with Crippen molar-refractivity contribution in [3.63, 3.8) is 0 Å². The Hall–Kier alpha value is -2.86. The number of hydrogen-bond acceptors (Lipinski definition) is 5. The molecule has 0 unspecified atom stereocenters. The number of nitrogens with zero attached hydrogens (tertiary/aromatic N) is 1. The summed E-state index contributed by atoms with van der Waals surface area (Å²) in [5.74, 6) is -1.53. The molecule has 0 aliphatic carbocycles. The number of carbonyl (C=O) groups is 2. The van der Waals surface area contributed by atoms with E-state index in [4.69, 9.17) is 44.3 Å². The summed E-state index contributed by atoms with van der Waals surface area (Å²) in [6.07, 6.45) is 1.43. The van der Waals surface area contributed by atoms with Crippen LogP contribution in [0, 0.1) is 12.8 Å². The molecular formula is C25H20Cl3NO4. The maximum atomic E-state index is 12.7. The fraction of sp³-hybridized carbons (Fsp3) is 0.160. The Morgan fingerprint density at radius 3 is 2.09 bits per heavy atom. The van der Waals surface area contributed by atoms with Crippen molar-refractivity contribution in [2.24, 2.45) is 10.9 Å². The van der Waals surface area contributed by atoms with Gasteiger partial charge in [-0.15, -0.1) is 0 Å². The molecule has 0 N–H and O–H groups in total. The van der Waals surface area contributed by atoms with E-state index in [1.54, 1.807) is 62.4 Å². The molecule has 0 spiro atoms. The Labute approximate surface area is 206 Å². The summed E-state index contributed by atoms with van der Waals surface area (Å²) in [7, 11) is 0. The van der Waals surface area contributed by atoms with Gasteiger partial charge in [0, 0.05) is 32.9 Å². The van der Waals surface area contributed by atoms with Crippen LogP contribution < -0.4 is 9.47 Å². The van der Waals surface area contributed by atoms with Crippen LogP contribution in [0.2, 0.25) is 15.1 Å². The lowest BCUT2D eigenvalue weighted by molar-refractivity contribution is -0.137. The molecule has 8 heteroatoms. The maximum absolute atomic E-state index is 12.7. The molecule has 3 aromatic rings. The minimum absolute atomic E-state index is 0.00680. The molecule has 0 radical (unpaired) electrons. The van der Waals surface area contributed by atoms with Crippen molar-refractivity contribution in [3.05, 3.63) is 86.4 Å². The fourth-order valence-corrected chi connectivity index (χ4v) is 3.43. The van der Waals surface area contributed by atoms with E-state index in [0.717, 1.165) is 5.56 Å². The molecule has 3 rings (SSSR count). The van der Waals surface area contributed by atoms with Gasteiger partial charge in [-0.2, -0.15) is 0 Å². The minimum atomic E-state index is -0.622. The van der Waals surface area contributed by atoms with Gasteiger partial charge in [0.05, 0.1) is 17.2 Å². The van der Waals surface area contributed by atoms with E-state index in [1.807, 2.05) is 6.92 Å². The number of rotatable bonds is 6. The number of benzene rings is 3. The number of aliphatic imine (C=N–C) groups is 1.